The summed E-state index contributed by atoms with van der Waals surface area (Å²) in [5.41, 5.74) is 5.73. The van der Waals surface area contributed by atoms with Gasteiger partial charge in [-0.1, -0.05) is 19.1 Å². The fourth-order valence-electron chi connectivity index (χ4n) is 2.28. The molecule has 0 amide bonds. The van der Waals surface area contributed by atoms with Gasteiger partial charge in [-0.15, -0.1) is 0 Å². The Hall–Kier alpha value is -1.11. The van der Waals surface area contributed by atoms with Crippen molar-refractivity contribution in [1.29, 1.82) is 0 Å². The molecule has 0 aliphatic rings. The van der Waals surface area contributed by atoms with E-state index in [-0.39, 0.29) is 12.6 Å². The van der Waals surface area contributed by atoms with Gasteiger partial charge in [0.1, 0.15) is 0 Å². The first-order chi connectivity index (χ1) is 9.93. The summed E-state index contributed by atoms with van der Waals surface area (Å²) in [6, 6.07) is 5.14. The number of benzene rings is 1. The van der Waals surface area contributed by atoms with Crippen LogP contribution in [0.4, 0.5) is 13.2 Å². The smallest absolute Gasteiger partial charge is 0.380 e. The third kappa shape index (κ3) is 5.30. The number of halogens is 3. The van der Waals surface area contributed by atoms with Crippen molar-refractivity contribution in [3.63, 3.8) is 0 Å². The average molecular weight is 304 g/mol. The molecule has 3 nitrogen and oxygen atoms in total. The number of nitrogens with zero attached hydrogens (tertiary/aromatic N) is 1. The van der Waals surface area contributed by atoms with E-state index in [0.29, 0.717) is 31.9 Å². The van der Waals surface area contributed by atoms with E-state index in [1.165, 1.54) is 12.1 Å². The highest BCUT2D eigenvalue weighted by Gasteiger charge is 2.31. The van der Waals surface area contributed by atoms with Gasteiger partial charge in [0.05, 0.1) is 12.2 Å². The molecule has 0 saturated carbocycles. The molecule has 6 heteroatoms. The van der Waals surface area contributed by atoms with E-state index in [2.05, 4.69) is 0 Å². The number of rotatable bonds is 8. The van der Waals surface area contributed by atoms with Crippen molar-refractivity contribution < 1.29 is 17.9 Å². The molecule has 0 radical (unpaired) electrons. The van der Waals surface area contributed by atoms with Crippen LogP contribution in [-0.4, -0.2) is 37.7 Å². The van der Waals surface area contributed by atoms with Crippen LogP contribution in [0.3, 0.4) is 0 Å². The van der Waals surface area contributed by atoms with Crippen LogP contribution in [0.1, 0.15) is 31.0 Å². The van der Waals surface area contributed by atoms with Crippen LogP contribution in [0.5, 0.6) is 0 Å². The molecule has 1 aromatic rings. The van der Waals surface area contributed by atoms with Crippen LogP contribution in [0.2, 0.25) is 0 Å². The topological polar surface area (TPSA) is 38.5 Å². The fraction of sp³-hybridized carbons (Fsp3) is 0.600. The minimum Gasteiger partial charge on any atom is -0.380 e. The van der Waals surface area contributed by atoms with Gasteiger partial charge in [-0.05, 0) is 31.2 Å². The third-order valence-electron chi connectivity index (χ3n) is 3.40. The van der Waals surface area contributed by atoms with Gasteiger partial charge in [-0.25, -0.2) is 0 Å². The molecule has 1 atom stereocenters. The molecule has 1 rings (SSSR count). The fourth-order valence-corrected chi connectivity index (χ4v) is 2.28. The Morgan fingerprint density at radius 3 is 2.52 bits per heavy atom. The first-order valence-corrected chi connectivity index (χ1v) is 7.13. The van der Waals surface area contributed by atoms with Gasteiger partial charge in [0.2, 0.25) is 0 Å². The standard InChI is InChI=1S/C15H23F3N2O/c1-3-20(8-9-21-4-2)14(11-19)12-6-5-7-13(10-12)15(16,17)18/h5-7,10,14H,3-4,8-9,11,19H2,1-2H3. The Balaban J connectivity index is 2.92. The van der Waals surface area contributed by atoms with Crippen LogP contribution >= 0.6 is 0 Å². The van der Waals surface area contributed by atoms with Gasteiger partial charge >= 0.3 is 6.18 Å². The van der Waals surface area contributed by atoms with E-state index in [1.54, 1.807) is 6.07 Å². The maximum Gasteiger partial charge on any atom is 0.416 e. The van der Waals surface area contributed by atoms with Gasteiger partial charge in [-0.3, -0.25) is 4.90 Å². The van der Waals surface area contributed by atoms with Gasteiger partial charge in [0, 0.05) is 25.7 Å². The summed E-state index contributed by atoms with van der Waals surface area (Å²) in [7, 11) is 0. The summed E-state index contributed by atoms with van der Waals surface area (Å²) in [6.07, 6.45) is -4.34. The van der Waals surface area contributed by atoms with Gasteiger partial charge in [0.15, 0.2) is 0 Å². The van der Waals surface area contributed by atoms with Crippen LogP contribution in [0.25, 0.3) is 0 Å². The lowest BCUT2D eigenvalue weighted by molar-refractivity contribution is -0.137. The summed E-state index contributed by atoms with van der Waals surface area (Å²) in [4.78, 5) is 2.03. The molecule has 1 aromatic carbocycles. The van der Waals surface area contributed by atoms with Gasteiger partial charge < -0.3 is 10.5 Å². The second-order valence-corrected chi connectivity index (χ2v) is 4.70. The van der Waals surface area contributed by atoms with E-state index in [1.807, 2.05) is 18.7 Å². The first kappa shape index (κ1) is 17.9. The van der Waals surface area contributed by atoms with Crippen LogP contribution in [0.15, 0.2) is 24.3 Å². The number of likely N-dealkylation sites (N-methyl/N-ethyl adjacent to an activating group) is 1. The van der Waals surface area contributed by atoms with Crippen LogP contribution in [0, 0.1) is 0 Å². The van der Waals surface area contributed by atoms with Crippen molar-refractivity contribution in [2.24, 2.45) is 5.73 Å². The Bertz CT molecular complexity index is 424. The zero-order chi connectivity index (χ0) is 15.9. The molecule has 0 heterocycles. The lowest BCUT2D eigenvalue weighted by Crippen LogP contribution is -2.36. The van der Waals surface area contributed by atoms with Crippen molar-refractivity contribution >= 4 is 0 Å². The first-order valence-electron chi connectivity index (χ1n) is 7.13. The van der Waals surface area contributed by atoms with Crippen molar-refractivity contribution in [3.8, 4) is 0 Å². The van der Waals surface area contributed by atoms with Gasteiger partial charge in [-0.2, -0.15) is 13.2 Å². The Kier molecular flexibility index (Phi) is 7.14. The number of nitrogens with two attached hydrogens (primary N) is 1. The number of hydrogen-bond donors (Lipinski definition) is 1. The summed E-state index contributed by atoms with van der Waals surface area (Å²) in [6.45, 7) is 6.63. The molecule has 21 heavy (non-hydrogen) atoms. The van der Waals surface area contributed by atoms with Crippen LogP contribution in [-0.2, 0) is 10.9 Å². The average Bonchev–Trinajstić information content (AvgIpc) is 2.46. The maximum absolute atomic E-state index is 12.8. The minimum absolute atomic E-state index is 0.238. The van der Waals surface area contributed by atoms with Crippen molar-refractivity contribution in [2.75, 3.05) is 32.8 Å². The quantitative estimate of drug-likeness (QED) is 0.750. The molecule has 120 valence electrons. The number of hydrogen-bond acceptors (Lipinski definition) is 3. The molecule has 0 bridgehead atoms. The molecule has 0 aliphatic carbocycles. The van der Waals surface area contributed by atoms with Crippen molar-refractivity contribution in [3.05, 3.63) is 35.4 Å². The summed E-state index contributed by atoms with van der Waals surface area (Å²) in [5, 5.41) is 0. The maximum atomic E-state index is 12.8. The zero-order valence-electron chi connectivity index (χ0n) is 12.5. The van der Waals surface area contributed by atoms with E-state index < -0.39 is 11.7 Å². The molecule has 0 fully saturated rings. The van der Waals surface area contributed by atoms with Crippen LogP contribution < -0.4 is 5.73 Å². The predicted octanol–water partition coefficient (Wildman–Crippen LogP) is 3.06. The highest BCUT2D eigenvalue weighted by molar-refractivity contribution is 5.28. The highest BCUT2D eigenvalue weighted by atomic mass is 19.4. The summed E-state index contributed by atoms with van der Waals surface area (Å²) < 4.78 is 43.7. The normalized spacial score (nSPS) is 13.7. The lowest BCUT2D eigenvalue weighted by Gasteiger charge is -2.30. The van der Waals surface area contributed by atoms with E-state index >= 15 is 0 Å². The van der Waals surface area contributed by atoms with E-state index in [4.69, 9.17) is 10.5 Å². The lowest BCUT2D eigenvalue weighted by atomic mass is 10.0. The van der Waals surface area contributed by atoms with Crippen molar-refractivity contribution in [2.45, 2.75) is 26.1 Å². The Morgan fingerprint density at radius 1 is 1.29 bits per heavy atom. The second kappa shape index (κ2) is 8.36. The predicted molar refractivity (Wildman–Crippen MR) is 77.0 cm³/mol. The molecule has 0 aliphatic heterocycles. The summed E-state index contributed by atoms with van der Waals surface area (Å²) >= 11 is 0. The minimum atomic E-state index is -4.34. The molecular weight excluding hydrogens is 281 g/mol. The van der Waals surface area contributed by atoms with E-state index in [0.717, 1.165) is 6.07 Å². The largest absolute Gasteiger partial charge is 0.416 e. The molecule has 0 saturated heterocycles. The SMILES string of the molecule is CCOCCN(CC)C(CN)c1cccc(C(F)(F)F)c1. The van der Waals surface area contributed by atoms with Crippen molar-refractivity contribution in [1.82, 2.24) is 4.90 Å². The molecule has 0 aromatic heterocycles. The zero-order valence-corrected chi connectivity index (χ0v) is 12.5. The molecule has 0 spiro atoms. The monoisotopic (exact) mass is 304 g/mol. The Labute approximate surface area is 123 Å². The Morgan fingerprint density at radius 2 is 2.00 bits per heavy atom. The van der Waals surface area contributed by atoms with Gasteiger partial charge in [0.25, 0.3) is 0 Å². The second-order valence-electron chi connectivity index (χ2n) is 4.70. The molecular formula is C15H23F3N2O. The highest BCUT2D eigenvalue weighted by Crippen LogP contribution is 2.31. The molecule has 1 unspecified atom stereocenters. The number of ether oxygens (including phenoxy) is 1. The molecule has 2 N–H and O–H groups in total. The van der Waals surface area contributed by atoms with E-state index in [9.17, 15) is 13.2 Å². The third-order valence-corrected chi connectivity index (χ3v) is 3.40. The summed E-state index contributed by atoms with van der Waals surface area (Å²) in [5.74, 6) is 0. The number of alkyl halides is 3.